The molecule has 5 nitrogen and oxygen atoms in total. The fourth-order valence-electron chi connectivity index (χ4n) is 2.96. The molecule has 0 bridgehead atoms. The van der Waals surface area contributed by atoms with Gasteiger partial charge in [-0.2, -0.15) is 0 Å². The van der Waals surface area contributed by atoms with Gasteiger partial charge in [0.05, 0.1) is 17.1 Å². The van der Waals surface area contributed by atoms with Gasteiger partial charge in [-0.05, 0) is 31.5 Å². The Morgan fingerprint density at radius 1 is 1.03 bits per heavy atom. The lowest BCUT2D eigenvalue weighted by Gasteiger charge is -2.04. The molecule has 0 aliphatic carbocycles. The zero-order valence-corrected chi connectivity index (χ0v) is 21.1. The number of hydrogen-bond acceptors (Lipinski definition) is 7. The molecule has 1 N–H and O–H groups in total. The first-order chi connectivity index (χ1) is 15.4. The third-order valence-corrected chi connectivity index (χ3v) is 8.18. The SMILES string of the molecule is Cc1ccc(-c2nc(C)sc2CC(=O)Nc2nnc(SCc3c(Cl)cccc3Cl)s2)cc1. The fraction of sp³-hybridized carbons (Fsp3) is 0.182. The maximum atomic E-state index is 12.7. The Kier molecular flexibility index (Phi) is 7.48. The number of thiazole rings is 1. The van der Waals surface area contributed by atoms with Gasteiger partial charge in [0, 0.05) is 26.2 Å². The normalized spacial score (nSPS) is 11.0. The van der Waals surface area contributed by atoms with Crippen LogP contribution in [0.25, 0.3) is 11.3 Å². The van der Waals surface area contributed by atoms with E-state index in [2.05, 4.69) is 20.5 Å². The maximum Gasteiger partial charge on any atom is 0.231 e. The average molecular weight is 522 g/mol. The van der Waals surface area contributed by atoms with Gasteiger partial charge in [0.2, 0.25) is 11.0 Å². The second-order valence-electron chi connectivity index (χ2n) is 6.96. The van der Waals surface area contributed by atoms with Crippen molar-refractivity contribution in [1.82, 2.24) is 15.2 Å². The number of nitrogens with one attached hydrogen (secondary N) is 1. The minimum Gasteiger partial charge on any atom is -0.300 e. The van der Waals surface area contributed by atoms with Gasteiger partial charge in [0.25, 0.3) is 0 Å². The molecule has 2 aromatic carbocycles. The van der Waals surface area contributed by atoms with Crippen LogP contribution in [-0.4, -0.2) is 21.1 Å². The van der Waals surface area contributed by atoms with Crippen LogP contribution in [0, 0.1) is 13.8 Å². The molecule has 10 heteroatoms. The summed E-state index contributed by atoms with van der Waals surface area (Å²) in [6, 6.07) is 13.6. The summed E-state index contributed by atoms with van der Waals surface area (Å²) in [5.74, 6) is 0.421. The molecule has 4 aromatic rings. The molecule has 0 aliphatic rings. The first-order valence-corrected chi connectivity index (χ1v) is 13.0. The third-order valence-electron chi connectivity index (χ3n) is 4.50. The summed E-state index contributed by atoms with van der Waals surface area (Å²) in [6.07, 6.45) is 0.228. The molecular formula is C22H18Cl2N4OS3. The molecule has 2 heterocycles. The van der Waals surface area contributed by atoms with Gasteiger partial charge in [0.15, 0.2) is 4.34 Å². The van der Waals surface area contributed by atoms with Crippen LogP contribution in [0.2, 0.25) is 10.0 Å². The van der Waals surface area contributed by atoms with Crippen LogP contribution in [0.1, 0.15) is 21.0 Å². The van der Waals surface area contributed by atoms with Gasteiger partial charge in [-0.15, -0.1) is 21.5 Å². The molecule has 0 unspecified atom stereocenters. The summed E-state index contributed by atoms with van der Waals surface area (Å²) >= 11 is 16.8. The van der Waals surface area contributed by atoms with Crippen LogP contribution < -0.4 is 5.32 Å². The van der Waals surface area contributed by atoms with E-state index in [1.54, 1.807) is 12.1 Å². The number of nitrogens with zero attached hydrogens (tertiary/aromatic N) is 3. The van der Waals surface area contributed by atoms with E-state index in [9.17, 15) is 4.79 Å². The Bertz CT molecular complexity index is 1230. The second-order valence-corrected chi connectivity index (χ2v) is 11.3. The molecule has 1 amide bonds. The Labute approximate surface area is 208 Å². The van der Waals surface area contributed by atoms with Crippen molar-refractivity contribution in [3.63, 3.8) is 0 Å². The summed E-state index contributed by atoms with van der Waals surface area (Å²) in [5.41, 5.74) is 3.90. The Hall–Kier alpha value is -1.97. The van der Waals surface area contributed by atoms with Crippen LogP contribution in [-0.2, 0) is 17.0 Å². The molecule has 2 aromatic heterocycles. The topological polar surface area (TPSA) is 67.8 Å². The van der Waals surface area contributed by atoms with Crippen LogP contribution in [0.3, 0.4) is 0 Å². The van der Waals surface area contributed by atoms with Crippen molar-refractivity contribution in [2.24, 2.45) is 0 Å². The van der Waals surface area contributed by atoms with E-state index < -0.39 is 0 Å². The van der Waals surface area contributed by atoms with Crippen molar-refractivity contribution in [2.45, 2.75) is 30.4 Å². The number of hydrogen-bond donors (Lipinski definition) is 1. The predicted octanol–water partition coefficient (Wildman–Crippen LogP) is 7.06. The number of benzene rings is 2. The predicted molar refractivity (Wildman–Crippen MR) is 135 cm³/mol. The van der Waals surface area contributed by atoms with E-state index in [0.717, 1.165) is 31.0 Å². The summed E-state index contributed by atoms with van der Waals surface area (Å²) in [6.45, 7) is 3.99. The molecule has 0 spiro atoms. The van der Waals surface area contributed by atoms with Crippen molar-refractivity contribution < 1.29 is 4.79 Å². The first kappa shape index (κ1) is 23.2. The van der Waals surface area contributed by atoms with Gasteiger partial charge < -0.3 is 5.32 Å². The Morgan fingerprint density at radius 3 is 2.47 bits per heavy atom. The number of halogens is 2. The maximum absolute atomic E-state index is 12.7. The molecule has 164 valence electrons. The zero-order chi connectivity index (χ0) is 22.7. The van der Waals surface area contributed by atoms with Gasteiger partial charge in [0.1, 0.15) is 0 Å². The van der Waals surface area contributed by atoms with Gasteiger partial charge in [-0.1, -0.05) is 82.2 Å². The van der Waals surface area contributed by atoms with E-state index in [0.29, 0.717) is 20.9 Å². The highest BCUT2D eigenvalue weighted by Crippen LogP contribution is 2.34. The number of carbonyl (C=O) groups excluding carboxylic acids is 1. The zero-order valence-electron chi connectivity index (χ0n) is 17.2. The van der Waals surface area contributed by atoms with Crippen molar-refractivity contribution in [3.8, 4) is 11.3 Å². The molecule has 0 fully saturated rings. The van der Waals surface area contributed by atoms with Crippen molar-refractivity contribution in [2.75, 3.05) is 5.32 Å². The van der Waals surface area contributed by atoms with Crippen molar-refractivity contribution >= 4 is 68.7 Å². The summed E-state index contributed by atoms with van der Waals surface area (Å²) in [4.78, 5) is 18.2. The average Bonchev–Trinajstić information content (AvgIpc) is 3.34. The van der Waals surface area contributed by atoms with Gasteiger partial charge in [-0.25, -0.2) is 4.98 Å². The lowest BCUT2D eigenvalue weighted by Crippen LogP contribution is -2.14. The second kappa shape index (κ2) is 10.3. The van der Waals surface area contributed by atoms with Crippen LogP contribution in [0.5, 0.6) is 0 Å². The van der Waals surface area contributed by atoms with E-state index in [1.807, 2.05) is 44.2 Å². The molecule has 0 radical (unpaired) electrons. The van der Waals surface area contributed by atoms with E-state index >= 15 is 0 Å². The van der Waals surface area contributed by atoms with E-state index in [-0.39, 0.29) is 12.3 Å². The lowest BCUT2D eigenvalue weighted by atomic mass is 10.1. The van der Waals surface area contributed by atoms with Crippen LogP contribution in [0.4, 0.5) is 5.13 Å². The minimum absolute atomic E-state index is 0.149. The Morgan fingerprint density at radius 2 is 1.75 bits per heavy atom. The fourth-order valence-corrected chi connectivity index (χ4v) is 6.42. The third kappa shape index (κ3) is 5.68. The molecule has 0 atom stereocenters. The quantitative estimate of drug-likeness (QED) is 0.208. The number of aryl methyl sites for hydroxylation is 2. The number of aromatic nitrogens is 3. The molecular weight excluding hydrogens is 503 g/mol. The number of amides is 1. The van der Waals surface area contributed by atoms with Crippen LogP contribution in [0.15, 0.2) is 46.8 Å². The molecule has 32 heavy (non-hydrogen) atoms. The minimum atomic E-state index is -0.149. The summed E-state index contributed by atoms with van der Waals surface area (Å²) < 4.78 is 0.727. The van der Waals surface area contributed by atoms with Crippen molar-refractivity contribution in [3.05, 3.63) is 73.5 Å². The highest BCUT2D eigenvalue weighted by molar-refractivity contribution is 8.00. The van der Waals surface area contributed by atoms with E-state index in [4.69, 9.17) is 23.2 Å². The van der Waals surface area contributed by atoms with Crippen LogP contribution >= 0.6 is 57.6 Å². The van der Waals surface area contributed by atoms with Crippen molar-refractivity contribution in [1.29, 1.82) is 0 Å². The highest BCUT2D eigenvalue weighted by atomic mass is 35.5. The Balaban J connectivity index is 1.39. The standard InChI is InChI=1S/C22H18Cl2N4OS3/c1-12-6-8-14(9-7-12)20-18(31-13(2)25-20)10-19(29)26-21-27-28-22(32-21)30-11-15-16(23)4-3-5-17(15)24/h3-9H,10-11H2,1-2H3,(H,26,27,29). The summed E-state index contributed by atoms with van der Waals surface area (Å²) in [5, 5.41) is 13.7. The number of thioether (sulfide) groups is 1. The molecule has 0 saturated carbocycles. The number of carbonyl (C=O) groups is 1. The smallest absolute Gasteiger partial charge is 0.231 e. The van der Waals surface area contributed by atoms with Gasteiger partial charge in [-0.3, -0.25) is 4.79 Å². The number of rotatable bonds is 7. The lowest BCUT2D eigenvalue weighted by molar-refractivity contribution is -0.115. The first-order valence-electron chi connectivity index (χ1n) is 9.61. The van der Waals surface area contributed by atoms with E-state index in [1.165, 1.54) is 40.0 Å². The molecule has 0 saturated heterocycles. The highest BCUT2D eigenvalue weighted by Gasteiger charge is 2.17. The molecule has 4 rings (SSSR count). The number of anilines is 1. The summed E-state index contributed by atoms with van der Waals surface area (Å²) in [7, 11) is 0. The van der Waals surface area contributed by atoms with Gasteiger partial charge >= 0.3 is 0 Å². The monoisotopic (exact) mass is 520 g/mol. The largest absolute Gasteiger partial charge is 0.300 e. The molecule has 0 aliphatic heterocycles.